The Labute approximate surface area is 260 Å². The first-order chi connectivity index (χ1) is 21.1. The van der Waals surface area contributed by atoms with Gasteiger partial charge in [-0.15, -0.1) is 0 Å². The van der Waals surface area contributed by atoms with Gasteiger partial charge in [-0.3, -0.25) is 24.2 Å². The van der Waals surface area contributed by atoms with Crippen LogP contribution in [0.1, 0.15) is 22.3 Å². The maximum absolute atomic E-state index is 14.9. The third-order valence-corrected chi connectivity index (χ3v) is 8.01. The molecular weight excluding hydrogens is 616 g/mol. The largest absolute Gasteiger partial charge is 0.481 e. The first-order valence-corrected chi connectivity index (χ1v) is 14.3. The quantitative estimate of drug-likeness (QED) is 0.227. The van der Waals surface area contributed by atoms with Crippen molar-refractivity contribution in [3.05, 3.63) is 96.2 Å². The minimum atomic E-state index is -0.938. The number of rotatable bonds is 8. The Bertz CT molecular complexity index is 1850. The van der Waals surface area contributed by atoms with Gasteiger partial charge >= 0.3 is 0 Å². The van der Waals surface area contributed by atoms with Gasteiger partial charge in [0.25, 0.3) is 17.0 Å². The van der Waals surface area contributed by atoms with Crippen LogP contribution < -0.4 is 26.5 Å². The van der Waals surface area contributed by atoms with Crippen molar-refractivity contribution in [3.8, 4) is 28.3 Å². The Balaban J connectivity index is 1.45. The molecule has 230 valence electrons. The average Bonchev–Trinajstić information content (AvgIpc) is 3.00. The zero-order valence-electron chi connectivity index (χ0n) is 23.6. The first-order valence-electron chi connectivity index (χ1n) is 13.5. The number of methoxy groups -OCH3 is 1. The molecular formula is C30H28Cl2FN5O6. The number of aliphatic hydroxyl groups is 1. The first kappa shape index (κ1) is 31.4. The molecule has 1 saturated heterocycles. The number of carbonyl (C=O) groups is 1. The van der Waals surface area contributed by atoms with Crippen LogP contribution >= 0.6 is 23.2 Å². The number of H-pyrrole nitrogens is 1. The molecule has 14 heteroatoms. The molecule has 0 saturated carbocycles. The number of aryl methyl sites for hydroxylation is 1. The highest BCUT2D eigenvalue weighted by molar-refractivity contribution is 6.39. The normalized spacial score (nSPS) is 16.5. The SMILES string of the molecule is COc1nc(-c2cccc(-c3cc(F)cc(NC(=O)c4cc(=O)[nH]n(C)c4=O)c3Cl)c2Cl)ccc1CNC1CCOCC1O. The van der Waals surface area contributed by atoms with E-state index in [1.165, 1.54) is 20.2 Å². The van der Waals surface area contributed by atoms with Crippen LogP contribution in [0, 0.1) is 5.82 Å². The molecule has 0 bridgehead atoms. The number of aromatic nitrogens is 3. The fourth-order valence-corrected chi connectivity index (χ4v) is 5.50. The van der Waals surface area contributed by atoms with E-state index in [1.807, 2.05) is 6.07 Å². The van der Waals surface area contributed by atoms with E-state index in [2.05, 4.69) is 20.7 Å². The van der Waals surface area contributed by atoms with Gasteiger partial charge in [-0.1, -0.05) is 47.5 Å². The molecule has 1 fully saturated rings. The van der Waals surface area contributed by atoms with Gasteiger partial charge in [0.05, 0.1) is 41.2 Å². The molecule has 0 aliphatic carbocycles. The molecule has 2 atom stereocenters. The molecule has 4 aromatic rings. The highest BCUT2D eigenvalue weighted by atomic mass is 35.5. The van der Waals surface area contributed by atoms with E-state index in [-0.39, 0.29) is 33.9 Å². The lowest BCUT2D eigenvalue weighted by atomic mass is 10.00. The standard InChI is InChI=1S/C30H28Cl2FN5O6/c1-38-30(42)20(12-25(40)37-38)28(41)35-23-11-16(33)10-19(27(23)32)17-4-3-5-18(26(17)31)21-7-6-15(29(36-21)43-2)13-34-22-8-9-44-14-24(22)39/h3-7,10-12,22,24,34,39H,8-9,13-14H2,1-2H3,(H,35,41)(H,37,40). The second kappa shape index (κ2) is 13.3. The minimum Gasteiger partial charge on any atom is -0.481 e. The maximum atomic E-state index is 14.9. The van der Waals surface area contributed by atoms with Crippen molar-refractivity contribution in [2.24, 2.45) is 7.05 Å². The Kier molecular flexibility index (Phi) is 9.47. The Hall–Kier alpha value is -4.07. The second-order valence-corrected chi connectivity index (χ2v) is 10.9. The van der Waals surface area contributed by atoms with Gasteiger partial charge in [0, 0.05) is 54.6 Å². The van der Waals surface area contributed by atoms with E-state index in [9.17, 15) is 23.9 Å². The predicted octanol–water partition coefficient (Wildman–Crippen LogP) is 3.75. The molecule has 4 N–H and O–H groups in total. The maximum Gasteiger partial charge on any atom is 0.277 e. The van der Waals surface area contributed by atoms with Gasteiger partial charge in [-0.25, -0.2) is 9.37 Å². The van der Waals surface area contributed by atoms with Gasteiger partial charge in [-0.05, 0) is 24.6 Å². The Morgan fingerprint density at radius 2 is 1.93 bits per heavy atom. The Morgan fingerprint density at radius 1 is 1.16 bits per heavy atom. The molecule has 0 spiro atoms. The van der Waals surface area contributed by atoms with Crippen LogP contribution in [-0.2, 0) is 18.3 Å². The number of hydrogen-bond acceptors (Lipinski definition) is 8. The summed E-state index contributed by atoms with van der Waals surface area (Å²) >= 11 is 13.5. The van der Waals surface area contributed by atoms with Crippen LogP contribution in [0.25, 0.3) is 22.4 Å². The van der Waals surface area contributed by atoms with Crippen molar-refractivity contribution in [2.45, 2.75) is 25.1 Å². The number of benzene rings is 2. The molecule has 44 heavy (non-hydrogen) atoms. The van der Waals surface area contributed by atoms with E-state index >= 15 is 0 Å². The Morgan fingerprint density at radius 3 is 2.68 bits per heavy atom. The fraction of sp³-hybridized carbons (Fsp3) is 0.267. The van der Waals surface area contributed by atoms with Crippen molar-refractivity contribution in [3.63, 3.8) is 0 Å². The highest BCUT2D eigenvalue weighted by Crippen LogP contribution is 2.42. The van der Waals surface area contributed by atoms with Gasteiger partial charge < -0.3 is 25.2 Å². The molecule has 5 rings (SSSR count). The number of hydrogen-bond donors (Lipinski definition) is 4. The summed E-state index contributed by atoms with van der Waals surface area (Å²) < 4.78 is 26.5. The van der Waals surface area contributed by atoms with Crippen LogP contribution in [0.3, 0.4) is 0 Å². The lowest BCUT2D eigenvalue weighted by Gasteiger charge is -2.28. The molecule has 11 nitrogen and oxygen atoms in total. The summed E-state index contributed by atoms with van der Waals surface area (Å²) in [6.45, 7) is 1.25. The molecule has 1 aliphatic rings. The van der Waals surface area contributed by atoms with Crippen LogP contribution in [-0.4, -0.2) is 58.2 Å². The van der Waals surface area contributed by atoms with Crippen LogP contribution in [0.5, 0.6) is 5.88 Å². The monoisotopic (exact) mass is 643 g/mol. The summed E-state index contributed by atoms with van der Waals surface area (Å²) in [6.07, 6.45) is 0.0673. The zero-order chi connectivity index (χ0) is 31.5. The second-order valence-electron chi connectivity index (χ2n) is 10.1. The zero-order valence-corrected chi connectivity index (χ0v) is 25.1. The van der Waals surface area contributed by atoms with E-state index in [1.54, 1.807) is 24.3 Å². The molecule has 2 unspecified atom stereocenters. The summed E-state index contributed by atoms with van der Waals surface area (Å²) in [5.41, 5.74) is 0.311. The lowest BCUT2D eigenvalue weighted by molar-refractivity contribution is -0.0281. The molecule has 2 aromatic carbocycles. The van der Waals surface area contributed by atoms with Gasteiger partial charge in [0.2, 0.25) is 5.88 Å². The van der Waals surface area contributed by atoms with E-state index in [0.717, 1.165) is 22.4 Å². The summed E-state index contributed by atoms with van der Waals surface area (Å²) in [6, 6.07) is 11.6. The smallest absolute Gasteiger partial charge is 0.277 e. The third-order valence-electron chi connectivity index (χ3n) is 7.20. The van der Waals surface area contributed by atoms with Crippen LogP contribution in [0.2, 0.25) is 10.0 Å². The number of nitrogens with zero attached hydrogens (tertiary/aromatic N) is 2. The number of aromatic amines is 1. The van der Waals surface area contributed by atoms with E-state index in [0.29, 0.717) is 42.3 Å². The number of carbonyl (C=O) groups excluding carboxylic acids is 1. The molecule has 1 amide bonds. The number of halogens is 3. The molecule has 3 heterocycles. The molecule has 2 aromatic heterocycles. The number of ether oxygens (including phenoxy) is 2. The predicted molar refractivity (Wildman–Crippen MR) is 164 cm³/mol. The number of anilines is 1. The summed E-state index contributed by atoms with van der Waals surface area (Å²) in [7, 11) is 2.79. The molecule has 0 radical (unpaired) electrons. The van der Waals surface area contributed by atoms with Crippen molar-refractivity contribution < 1.29 is 23.8 Å². The minimum absolute atomic E-state index is 0.0391. The number of aliphatic hydroxyl groups excluding tert-OH is 1. The van der Waals surface area contributed by atoms with E-state index in [4.69, 9.17) is 32.7 Å². The van der Waals surface area contributed by atoms with Crippen molar-refractivity contribution >= 4 is 34.8 Å². The van der Waals surface area contributed by atoms with E-state index < -0.39 is 34.5 Å². The van der Waals surface area contributed by atoms with Gasteiger partial charge in [-0.2, -0.15) is 0 Å². The van der Waals surface area contributed by atoms with Crippen molar-refractivity contribution in [1.29, 1.82) is 0 Å². The summed E-state index contributed by atoms with van der Waals surface area (Å²) in [5, 5.41) is 18.3. The van der Waals surface area contributed by atoms with Crippen molar-refractivity contribution in [1.82, 2.24) is 20.1 Å². The number of nitrogens with one attached hydrogen (secondary N) is 3. The molecule has 1 aliphatic heterocycles. The van der Waals surface area contributed by atoms with Crippen molar-refractivity contribution in [2.75, 3.05) is 25.6 Å². The van der Waals surface area contributed by atoms with Crippen LogP contribution in [0.4, 0.5) is 10.1 Å². The average molecular weight is 644 g/mol. The number of pyridine rings is 1. The van der Waals surface area contributed by atoms with Gasteiger partial charge in [0.1, 0.15) is 11.4 Å². The summed E-state index contributed by atoms with van der Waals surface area (Å²) in [5.74, 6) is -1.31. The fourth-order valence-electron chi connectivity index (χ4n) is 4.92. The lowest BCUT2D eigenvalue weighted by Crippen LogP contribution is -2.46. The topological polar surface area (TPSA) is 148 Å². The highest BCUT2D eigenvalue weighted by Gasteiger charge is 2.24. The van der Waals surface area contributed by atoms with Crippen LogP contribution in [0.15, 0.2) is 58.1 Å². The van der Waals surface area contributed by atoms with Gasteiger partial charge in [0.15, 0.2) is 0 Å². The third kappa shape index (κ3) is 6.54. The summed E-state index contributed by atoms with van der Waals surface area (Å²) in [4.78, 5) is 41.7. The number of amides is 1.